The summed E-state index contributed by atoms with van der Waals surface area (Å²) in [7, 11) is 0. The summed E-state index contributed by atoms with van der Waals surface area (Å²) >= 11 is 2.82. The number of para-hydroxylation sites is 1. The number of benzene rings is 2. The average molecular weight is 354 g/mol. The molecule has 0 amide bonds. The van der Waals surface area contributed by atoms with Gasteiger partial charge in [0.25, 0.3) is 0 Å². The molecule has 5 heteroatoms. The normalized spacial score (nSPS) is 11.8. The molecule has 1 aromatic heterocycles. The first kappa shape index (κ1) is 16.7. The van der Waals surface area contributed by atoms with Gasteiger partial charge in [-0.05, 0) is 43.2 Å². The molecule has 0 N–H and O–H groups in total. The van der Waals surface area contributed by atoms with Crippen molar-refractivity contribution in [2.75, 3.05) is 5.75 Å². The summed E-state index contributed by atoms with van der Waals surface area (Å²) in [6, 6.07) is 14.1. The lowest BCUT2D eigenvalue weighted by atomic mass is 10.1. The molecule has 0 saturated carbocycles. The van der Waals surface area contributed by atoms with E-state index < -0.39 is 5.97 Å². The Kier molecular flexibility index (Phi) is 5.02. The minimum Gasteiger partial charge on any atom is -0.549 e. The molecule has 0 aliphatic carbocycles. The van der Waals surface area contributed by atoms with Crippen LogP contribution < -0.4 is 5.11 Å². The number of carboxylic acids is 1. The fraction of sp³-hybridized carbons (Fsp3) is 0.158. The molecule has 0 unspecified atom stereocenters. The number of carbonyl (C=O) groups excluding carboxylic acids is 1. The summed E-state index contributed by atoms with van der Waals surface area (Å²) in [4.78, 5) is 16.4. The quantitative estimate of drug-likeness (QED) is 0.697. The Labute approximate surface area is 149 Å². The highest BCUT2D eigenvalue weighted by atomic mass is 32.2. The molecule has 3 rings (SSSR count). The third-order valence-electron chi connectivity index (χ3n) is 3.56. The number of hydrogen-bond donors (Lipinski definition) is 0. The lowest BCUT2D eigenvalue weighted by Gasteiger charge is -2.07. The Morgan fingerprint density at radius 2 is 2.04 bits per heavy atom. The first-order chi connectivity index (χ1) is 11.5. The lowest BCUT2D eigenvalue weighted by Crippen LogP contribution is -2.24. The Bertz CT molecular complexity index is 895. The zero-order valence-electron chi connectivity index (χ0n) is 13.4. The maximum atomic E-state index is 10.9. The fourth-order valence-corrected chi connectivity index (χ4v) is 4.24. The van der Waals surface area contributed by atoms with Gasteiger partial charge in [0, 0.05) is 10.7 Å². The zero-order valence-corrected chi connectivity index (χ0v) is 15.0. The van der Waals surface area contributed by atoms with Crippen molar-refractivity contribution in [1.29, 1.82) is 0 Å². The van der Waals surface area contributed by atoms with Crippen molar-refractivity contribution in [1.82, 2.24) is 4.98 Å². The largest absolute Gasteiger partial charge is 0.549 e. The van der Waals surface area contributed by atoms with Gasteiger partial charge < -0.3 is 9.90 Å². The van der Waals surface area contributed by atoms with E-state index in [9.17, 15) is 9.90 Å². The van der Waals surface area contributed by atoms with Crippen LogP contribution in [0.2, 0.25) is 0 Å². The van der Waals surface area contributed by atoms with Crippen LogP contribution in [-0.4, -0.2) is 16.7 Å². The molecule has 3 nitrogen and oxygen atoms in total. The summed E-state index contributed by atoms with van der Waals surface area (Å²) in [6.07, 6.45) is 2.01. The lowest BCUT2D eigenvalue weighted by molar-refractivity contribution is -0.301. The van der Waals surface area contributed by atoms with Gasteiger partial charge in [0.2, 0.25) is 0 Å². The van der Waals surface area contributed by atoms with E-state index in [0.717, 1.165) is 31.3 Å². The van der Waals surface area contributed by atoms with Gasteiger partial charge in [-0.15, -0.1) is 23.1 Å². The summed E-state index contributed by atoms with van der Waals surface area (Å²) in [5.41, 5.74) is 4.36. The molecule has 24 heavy (non-hydrogen) atoms. The van der Waals surface area contributed by atoms with Crippen molar-refractivity contribution < 1.29 is 9.90 Å². The summed E-state index contributed by atoms with van der Waals surface area (Å²) in [6.45, 7) is 4.11. The molecule has 0 aliphatic rings. The maximum Gasteiger partial charge on any atom is 0.131 e. The first-order valence-corrected chi connectivity index (χ1v) is 9.30. The second-order valence-electron chi connectivity index (χ2n) is 5.52. The van der Waals surface area contributed by atoms with Crippen molar-refractivity contribution in [2.45, 2.75) is 13.8 Å². The van der Waals surface area contributed by atoms with Crippen LogP contribution in [-0.2, 0) is 4.79 Å². The predicted molar refractivity (Wildman–Crippen MR) is 101 cm³/mol. The molecular formula is C19H16NO2S2-. The standard InChI is InChI=1S/C19H17NO2S2/c1-12-7-8-14(13(2)9-12)10-17(23-11-18(21)22)19-20-15-5-3-4-6-16(15)24-19/h3-10H,11H2,1-2H3,(H,21,22)/p-1/b17-10-. The van der Waals surface area contributed by atoms with Crippen molar-refractivity contribution in [3.05, 3.63) is 64.2 Å². The van der Waals surface area contributed by atoms with E-state index in [0.29, 0.717) is 0 Å². The summed E-state index contributed by atoms with van der Waals surface area (Å²) in [5.74, 6) is -1.17. The second kappa shape index (κ2) is 7.20. The van der Waals surface area contributed by atoms with E-state index in [1.54, 1.807) is 11.3 Å². The van der Waals surface area contributed by atoms with Crippen LogP contribution in [0.15, 0.2) is 42.5 Å². The number of aryl methyl sites for hydroxylation is 2. The van der Waals surface area contributed by atoms with E-state index in [4.69, 9.17) is 0 Å². The van der Waals surface area contributed by atoms with Gasteiger partial charge in [0.1, 0.15) is 5.01 Å². The number of carboxylic acid groups (broad SMARTS) is 1. The number of fused-ring (bicyclic) bond motifs is 1. The van der Waals surface area contributed by atoms with Gasteiger partial charge in [0.15, 0.2) is 0 Å². The topological polar surface area (TPSA) is 53.0 Å². The Hall–Kier alpha value is -2.11. The molecule has 0 aliphatic heterocycles. The Morgan fingerprint density at radius 1 is 1.25 bits per heavy atom. The minimum absolute atomic E-state index is 0.0906. The average Bonchev–Trinajstić information content (AvgIpc) is 2.97. The number of aliphatic carboxylic acids is 1. The highest BCUT2D eigenvalue weighted by Gasteiger charge is 2.10. The molecule has 2 aromatic carbocycles. The van der Waals surface area contributed by atoms with Crippen LogP contribution in [0.3, 0.4) is 0 Å². The smallest absolute Gasteiger partial charge is 0.131 e. The molecular weight excluding hydrogens is 338 g/mol. The van der Waals surface area contributed by atoms with Crippen molar-refractivity contribution >= 4 is 50.3 Å². The van der Waals surface area contributed by atoms with E-state index >= 15 is 0 Å². The SMILES string of the molecule is Cc1ccc(/C=C(\SCC(=O)[O-])c2nc3ccccc3s2)c(C)c1. The van der Waals surface area contributed by atoms with Crippen LogP contribution >= 0.6 is 23.1 Å². The van der Waals surface area contributed by atoms with E-state index in [-0.39, 0.29) is 5.75 Å². The molecule has 0 saturated heterocycles. The maximum absolute atomic E-state index is 10.9. The Morgan fingerprint density at radius 3 is 2.75 bits per heavy atom. The number of thiazole rings is 1. The monoisotopic (exact) mass is 354 g/mol. The zero-order chi connectivity index (χ0) is 17.1. The number of hydrogen-bond acceptors (Lipinski definition) is 5. The first-order valence-electron chi connectivity index (χ1n) is 7.50. The third-order valence-corrected chi connectivity index (χ3v) is 5.76. The second-order valence-corrected chi connectivity index (χ2v) is 7.56. The van der Waals surface area contributed by atoms with Crippen LogP contribution in [0.25, 0.3) is 21.2 Å². The number of aromatic nitrogens is 1. The highest BCUT2D eigenvalue weighted by Crippen LogP contribution is 2.35. The molecule has 0 bridgehead atoms. The van der Waals surface area contributed by atoms with Crippen LogP contribution in [0.1, 0.15) is 21.7 Å². The van der Waals surface area contributed by atoms with Gasteiger partial charge >= 0.3 is 0 Å². The molecule has 1 heterocycles. The van der Waals surface area contributed by atoms with Crippen molar-refractivity contribution in [3.63, 3.8) is 0 Å². The molecule has 0 atom stereocenters. The molecule has 0 fully saturated rings. The number of rotatable bonds is 5. The highest BCUT2D eigenvalue weighted by molar-refractivity contribution is 8.09. The Balaban J connectivity index is 2.04. The van der Waals surface area contributed by atoms with Crippen LogP contribution in [0, 0.1) is 13.8 Å². The minimum atomic E-state index is -1.08. The van der Waals surface area contributed by atoms with Crippen LogP contribution in [0.5, 0.6) is 0 Å². The van der Waals surface area contributed by atoms with Gasteiger partial charge in [-0.1, -0.05) is 35.9 Å². The van der Waals surface area contributed by atoms with Gasteiger partial charge in [-0.3, -0.25) is 0 Å². The van der Waals surface area contributed by atoms with Gasteiger partial charge in [-0.25, -0.2) is 4.98 Å². The van der Waals surface area contributed by atoms with Gasteiger partial charge in [0.05, 0.1) is 16.2 Å². The third kappa shape index (κ3) is 3.86. The fourth-order valence-electron chi connectivity index (χ4n) is 2.41. The van der Waals surface area contributed by atoms with E-state index in [2.05, 4.69) is 37.0 Å². The summed E-state index contributed by atoms with van der Waals surface area (Å²) < 4.78 is 1.09. The summed E-state index contributed by atoms with van der Waals surface area (Å²) in [5, 5.41) is 11.7. The van der Waals surface area contributed by atoms with Crippen molar-refractivity contribution in [2.24, 2.45) is 0 Å². The molecule has 0 spiro atoms. The number of nitrogens with zero attached hydrogens (tertiary/aromatic N) is 1. The number of carbonyl (C=O) groups is 1. The van der Waals surface area contributed by atoms with Crippen molar-refractivity contribution in [3.8, 4) is 0 Å². The molecule has 122 valence electrons. The van der Waals surface area contributed by atoms with Gasteiger partial charge in [-0.2, -0.15) is 0 Å². The number of thioether (sulfide) groups is 1. The molecule has 3 aromatic rings. The van der Waals surface area contributed by atoms with Crippen LogP contribution in [0.4, 0.5) is 0 Å². The van der Waals surface area contributed by atoms with E-state index in [1.807, 2.05) is 30.3 Å². The predicted octanol–water partition coefficient (Wildman–Crippen LogP) is 3.89. The van der Waals surface area contributed by atoms with E-state index in [1.165, 1.54) is 17.3 Å². The molecule has 0 radical (unpaired) electrons.